The molecule has 0 heterocycles. The Morgan fingerprint density at radius 3 is 2.36 bits per heavy atom. The van der Waals surface area contributed by atoms with Gasteiger partial charge < -0.3 is 15.7 Å². The number of carboxylic acid groups (broad SMARTS) is 1. The number of carboxylic acids is 1. The number of aliphatic carboxylic acids is 1. The van der Waals surface area contributed by atoms with Gasteiger partial charge in [0.25, 0.3) is 0 Å². The van der Waals surface area contributed by atoms with Gasteiger partial charge in [-0.3, -0.25) is 4.79 Å². The van der Waals surface area contributed by atoms with Gasteiger partial charge in [0.2, 0.25) is 0 Å². The number of carbonyl (C=O) groups is 1. The van der Waals surface area contributed by atoms with E-state index in [9.17, 15) is 4.79 Å². The van der Waals surface area contributed by atoms with Gasteiger partial charge in [0.1, 0.15) is 6.54 Å². The van der Waals surface area contributed by atoms with Crippen LogP contribution in [0.3, 0.4) is 0 Å². The van der Waals surface area contributed by atoms with E-state index >= 15 is 0 Å². The van der Waals surface area contributed by atoms with Crippen LogP contribution in [0.1, 0.15) is 11.1 Å². The zero-order valence-corrected chi connectivity index (χ0v) is 12.4. The summed E-state index contributed by atoms with van der Waals surface area (Å²) in [6.07, 6.45) is 0. The summed E-state index contributed by atoms with van der Waals surface area (Å²) in [5, 5.41) is 9.07. The number of hydrogen-bond acceptors (Lipinski definition) is 2. The highest BCUT2D eigenvalue weighted by atomic mass is 16.4. The Kier molecular flexibility index (Phi) is 5.14. The largest absolute Gasteiger partial charge is 0.480 e. The molecule has 0 saturated carbocycles. The minimum Gasteiger partial charge on any atom is -0.480 e. The summed E-state index contributed by atoms with van der Waals surface area (Å²) in [6, 6.07) is 17.1. The molecule has 2 aromatic rings. The minimum absolute atomic E-state index is 0.189. The maximum absolute atomic E-state index is 11.1. The first-order valence-corrected chi connectivity index (χ1v) is 6.96. The van der Waals surface area contributed by atoms with Crippen LogP contribution in [0, 0.1) is 6.92 Å². The lowest BCUT2D eigenvalue weighted by Gasteiger charge is -2.21. The molecule has 0 spiro atoms. The number of aryl methyl sites for hydroxylation is 1. The minimum atomic E-state index is -0.946. The molecule has 0 unspecified atom stereocenters. The van der Waals surface area contributed by atoms with Crippen molar-refractivity contribution >= 4 is 17.6 Å². The van der Waals surface area contributed by atoms with Crippen LogP contribution >= 0.6 is 0 Å². The zero-order valence-electron chi connectivity index (χ0n) is 12.4. The van der Waals surface area contributed by atoms with Crippen LogP contribution in [0.15, 0.2) is 59.6 Å². The molecule has 2 rings (SSSR count). The van der Waals surface area contributed by atoms with E-state index in [1.807, 2.05) is 61.5 Å². The van der Waals surface area contributed by atoms with Gasteiger partial charge in [-0.25, -0.2) is 4.99 Å². The van der Waals surface area contributed by atoms with Crippen molar-refractivity contribution in [2.75, 3.05) is 6.54 Å². The first-order chi connectivity index (χ1) is 10.5. The summed E-state index contributed by atoms with van der Waals surface area (Å²) in [5.74, 6) is -0.757. The molecule has 0 atom stereocenters. The molecule has 0 aromatic heterocycles. The second kappa shape index (κ2) is 7.26. The molecule has 0 aliphatic rings. The van der Waals surface area contributed by atoms with Crippen molar-refractivity contribution in [1.29, 1.82) is 0 Å². The number of nitrogens with two attached hydrogens (primary N) is 1. The third-order valence-corrected chi connectivity index (χ3v) is 3.14. The van der Waals surface area contributed by atoms with Crippen LogP contribution < -0.4 is 5.73 Å². The number of benzene rings is 2. The van der Waals surface area contributed by atoms with Gasteiger partial charge in [0.15, 0.2) is 5.96 Å². The number of nitrogens with zero attached hydrogens (tertiary/aromatic N) is 2. The van der Waals surface area contributed by atoms with Gasteiger partial charge in [-0.2, -0.15) is 0 Å². The summed E-state index contributed by atoms with van der Waals surface area (Å²) in [5.41, 5.74) is 8.82. The van der Waals surface area contributed by atoms with E-state index in [2.05, 4.69) is 4.99 Å². The standard InChI is InChI=1S/C17H19N3O2/c1-13-7-9-14(10-8-13)11-20(12-16(21)22)17(18)19-15-5-3-2-4-6-15/h2-10H,11-12H2,1H3,(H2,18,19)(H,21,22). The Morgan fingerprint density at radius 1 is 1.14 bits per heavy atom. The smallest absolute Gasteiger partial charge is 0.323 e. The van der Waals surface area contributed by atoms with E-state index in [0.717, 1.165) is 11.1 Å². The first-order valence-electron chi connectivity index (χ1n) is 6.96. The number of hydrogen-bond donors (Lipinski definition) is 2. The lowest BCUT2D eigenvalue weighted by atomic mass is 10.1. The molecule has 5 nitrogen and oxygen atoms in total. The highest BCUT2D eigenvalue weighted by Crippen LogP contribution is 2.12. The monoisotopic (exact) mass is 297 g/mol. The van der Waals surface area contributed by atoms with Crippen LogP contribution in [0.2, 0.25) is 0 Å². The van der Waals surface area contributed by atoms with Crippen LogP contribution in [0.25, 0.3) is 0 Å². The lowest BCUT2D eigenvalue weighted by molar-refractivity contribution is -0.137. The Morgan fingerprint density at radius 2 is 1.77 bits per heavy atom. The summed E-state index contributed by atoms with van der Waals surface area (Å²) in [4.78, 5) is 16.9. The van der Waals surface area contributed by atoms with Gasteiger partial charge in [0, 0.05) is 6.54 Å². The fraction of sp³-hybridized carbons (Fsp3) is 0.176. The second-order valence-corrected chi connectivity index (χ2v) is 5.04. The van der Waals surface area contributed by atoms with Gasteiger partial charge in [-0.15, -0.1) is 0 Å². The number of para-hydroxylation sites is 1. The molecular weight excluding hydrogens is 278 g/mol. The van der Waals surface area contributed by atoms with Crippen molar-refractivity contribution in [3.63, 3.8) is 0 Å². The Labute approximate surface area is 129 Å². The third-order valence-electron chi connectivity index (χ3n) is 3.14. The van der Waals surface area contributed by atoms with E-state index in [4.69, 9.17) is 10.8 Å². The lowest BCUT2D eigenvalue weighted by Crippen LogP contribution is -2.40. The highest BCUT2D eigenvalue weighted by molar-refractivity contribution is 5.84. The highest BCUT2D eigenvalue weighted by Gasteiger charge is 2.13. The summed E-state index contributed by atoms with van der Waals surface area (Å²) < 4.78 is 0. The van der Waals surface area contributed by atoms with Crippen LogP contribution in [0.4, 0.5) is 5.69 Å². The molecule has 114 valence electrons. The average molecular weight is 297 g/mol. The van der Waals surface area contributed by atoms with Gasteiger partial charge in [0.05, 0.1) is 5.69 Å². The van der Waals surface area contributed by atoms with Gasteiger partial charge >= 0.3 is 5.97 Å². The summed E-state index contributed by atoms with van der Waals surface area (Å²) >= 11 is 0. The van der Waals surface area contributed by atoms with Gasteiger partial charge in [-0.05, 0) is 24.6 Å². The van der Waals surface area contributed by atoms with E-state index < -0.39 is 5.97 Å². The molecule has 0 saturated heterocycles. The molecule has 0 amide bonds. The Hall–Kier alpha value is -2.82. The number of guanidine groups is 1. The first kappa shape index (κ1) is 15.6. The molecule has 0 aliphatic carbocycles. The maximum atomic E-state index is 11.1. The van der Waals surface area contributed by atoms with Crippen molar-refractivity contribution < 1.29 is 9.90 Å². The SMILES string of the molecule is Cc1ccc(CN(CC(=O)O)C(N)=Nc2ccccc2)cc1. The quantitative estimate of drug-likeness (QED) is 0.656. The summed E-state index contributed by atoms with van der Waals surface area (Å²) in [6.45, 7) is 2.20. The normalized spacial score (nSPS) is 11.2. The fourth-order valence-electron chi connectivity index (χ4n) is 2.00. The molecule has 22 heavy (non-hydrogen) atoms. The average Bonchev–Trinajstić information content (AvgIpc) is 2.49. The van der Waals surface area contributed by atoms with E-state index in [-0.39, 0.29) is 12.5 Å². The second-order valence-electron chi connectivity index (χ2n) is 5.04. The number of rotatable bonds is 5. The van der Waals surface area contributed by atoms with Crippen molar-refractivity contribution in [2.24, 2.45) is 10.7 Å². The van der Waals surface area contributed by atoms with E-state index in [0.29, 0.717) is 12.2 Å². The van der Waals surface area contributed by atoms with Gasteiger partial charge in [-0.1, -0.05) is 48.0 Å². The van der Waals surface area contributed by atoms with Crippen LogP contribution in [-0.4, -0.2) is 28.5 Å². The topological polar surface area (TPSA) is 78.9 Å². The molecule has 2 aromatic carbocycles. The molecule has 0 aliphatic heterocycles. The van der Waals surface area contributed by atoms with Crippen molar-refractivity contribution in [3.8, 4) is 0 Å². The van der Waals surface area contributed by atoms with Crippen molar-refractivity contribution in [2.45, 2.75) is 13.5 Å². The fourth-order valence-corrected chi connectivity index (χ4v) is 2.00. The summed E-state index contributed by atoms with van der Waals surface area (Å²) in [7, 11) is 0. The third kappa shape index (κ3) is 4.63. The molecule has 3 N–H and O–H groups in total. The van der Waals surface area contributed by atoms with Crippen molar-refractivity contribution in [1.82, 2.24) is 4.90 Å². The molecule has 5 heteroatoms. The Bertz CT molecular complexity index is 651. The molecular formula is C17H19N3O2. The van der Waals surface area contributed by atoms with E-state index in [1.165, 1.54) is 0 Å². The number of aliphatic imine (C=N–C) groups is 1. The Balaban J connectivity index is 2.19. The van der Waals surface area contributed by atoms with Crippen molar-refractivity contribution in [3.05, 3.63) is 65.7 Å². The molecule has 0 fully saturated rings. The molecule has 0 radical (unpaired) electrons. The van der Waals surface area contributed by atoms with E-state index in [1.54, 1.807) is 4.90 Å². The predicted octanol–water partition coefficient (Wildman–Crippen LogP) is 2.53. The van der Waals surface area contributed by atoms with Crippen LogP contribution in [0.5, 0.6) is 0 Å². The molecule has 0 bridgehead atoms. The zero-order chi connectivity index (χ0) is 15.9. The maximum Gasteiger partial charge on any atom is 0.323 e. The van der Waals surface area contributed by atoms with Crippen LogP contribution in [-0.2, 0) is 11.3 Å². The predicted molar refractivity (Wildman–Crippen MR) is 86.9 cm³/mol.